The molecule has 28 heavy (non-hydrogen) atoms. The number of rotatable bonds is 3. The monoisotopic (exact) mass is 422 g/mol. The Labute approximate surface area is 175 Å². The van der Waals surface area contributed by atoms with E-state index in [9.17, 15) is 9.59 Å². The van der Waals surface area contributed by atoms with Crippen molar-refractivity contribution in [2.75, 3.05) is 32.7 Å². The SMILES string of the molecule is Cl.O=C(c1cc(C(=O)N2CCNCC2c2ccccc2Cl)c[nH]1)N1CCCC1. The van der Waals surface area contributed by atoms with E-state index in [4.69, 9.17) is 11.6 Å². The molecule has 0 saturated carbocycles. The molecule has 150 valence electrons. The summed E-state index contributed by atoms with van der Waals surface area (Å²) in [5, 5.41) is 3.99. The number of H-pyrrole nitrogens is 1. The van der Waals surface area contributed by atoms with Crippen LogP contribution in [0.5, 0.6) is 0 Å². The minimum atomic E-state index is -0.132. The maximum Gasteiger partial charge on any atom is 0.270 e. The molecule has 2 fully saturated rings. The third kappa shape index (κ3) is 4.04. The molecule has 6 nitrogen and oxygen atoms in total. The van der Waals surface area contributed by atoms with Crippen LogP contribution in [-0.4, -0.2) is 59.3 Å². The minimum absolute atomic E-state index is 0. The zero-order chi connectivity index (χ0) is 18.8. The molecule has 8 heteroatoms. The van der Waals surface area contributed by atoms with Crippen molar-refractivity contribution in [3.05, 3.63) is 58.4 Å². The first-order chi connectivity index (χ1) is 13.1. The molecule has 0 radical (unpaired) electrons. The standard InChI is InChI=1S/C20H23ClN4O2.ClH/c21-16-6-2-1-5-15(16)18-13-22-7-10-25(18)19(26)14-11-17(23-12-14)20(27)24-8-3-4-9-24;/h1-2,5-6,11-12,18,22-23H,3-4,7-10,13H2;1H. The van der Waals surface area contributed by atoms with Gasteiger partial charge in [-0.25, -0.2) is 0 Å². The van der Waals surface area contributed by atoms with E-state index in [0.717, 1.165) is 38.0 Å². The maximum atomic E-state index is 13.2. The van der Waals surface area contributed by atoms with Crippen LogP contribution in [0.1, 0.15) is 45.3 Å². The van der Waals surface area contributed by atoms with Crippen LogP contribution in [0.2, 0.25) is 5.02 Å². The second kappa shape index (κ2) is 8.99. The summed E-state index contributed by atoms with van der Waals surface area (Å²) in [7, 11) is 0. The Morgan fingerprint density at radius 3 is 2.57 bits per heavy atom. The van der Waals surface area contributed by atoms with Gasteiger partial charge in [0.1, 0.15) is 5.69 Å². The number of piperazine rings is 1. The highest BCUT2D eigenvalue weighted by Crippen LogP contribution is 2.29. The number of hydrogen-bond donors (Lipinski definition) is 2. The summed E-state index contributed by atoms with van der Waals surface area (Å²) in [6.07, 6.45) is 3.72. The number of hydrogen-bond acceptors (Lipinski definition) is 3. The van der Waals surface area contributed by atoms with Crippen molar-refractivity contribution in [2.45, 2.75) is 18.9 Å². The molecule has 0 aliphatic carbocycles. The van der Waals surface area contributed by atoms with Crippen LogP contribution >= 0.6 is 24.0 Å². The fraction of sp³-hybridized carbons (Fsp3) is 0.400. The molecule has 1 atom stereocenters. The lowest BCUT2D eigenvalue weighted by atomic mass is 10.0. The van der Waals surface area contributed by atoms with Crippen LogP contribution < -0.4 is 5.32 Å². The zero-order valence-electron chi connectivity index (χ0n) is 15.5. The van der Waals surface area contributed by atoms with Gasteiger partial charge in [-0.1, -0.05) is 29.8 Å². The van der Waals surface area contributed by atoms with Gasteiger partial charge in [0.15, 0.2) is 0 Å². The fourth-order valence-electron chi connectivity index (χ4n) is 3.87. The summed E-state index contributed by atoms with van der Waals surface area (Å²) < 4.78 is 0. The molecule has 0 spiro atoms. The predicted octanol–water partition coefficient (Wildman–Crippen LogP) is 3.11. The van der Waals surface area contributed by atoms with Gasteiger partial charge in [-0.3, -0.25) is 9.59 Å². The van der Waals surface area contributed by atoms with E-state index >= 15 is 0 Å². The summed E-state index contributed by atoms with van der Waals surface area (Å²) in [6.45, 7) is 3.55. The summed E-state index contributed by atoms with van der Waals surface area (Å²) in [5.74, 6) is -0.118. The van der Waals surface area contributed by atoms with E-state index in [1.54, 1.807) is 12.3 Å². The Kier molecular flexibility index (Phi) is 6.65. The number of halogens is 2. The molecule has 2 aliphatic rings. The molecule has 3 heterocycles. The molecular weight excluding hydrogens is 399 g/mol. The minimum Gasteiger partial charge on any atom is -0.356 e. The molecule has 2 amide bonds. The van der Waals surface area contributed by atoms with Gasteiger partial charge in [0.25, 0.3) is 11.8 Å². The number of nitrogens with one attached hydrogen (secondary N) is 2. The average Bonchev–Trinajstić information content (AvgIpc) is 3.39. The maximum absolute atomic E-state index is 13.2. The van der Waals surface area contributed by atoms with Gasteiger partial charge in [-0.05, 0) is 30.5 Å². The average molecular weight is 423 g/mol. The van der Waals surface area contributed by atoms with Crippen molar-refractivity contribution in [2.24, 2.45) is 0 Å². The van der Waals surface area contributed by atoms with Crippen LogP contribution in [0.25, 0.3) is 0 Å². The number of carbonyl (C=O) groups is 2. The molecular formula is C20H24Cl2N4O2. The lowest BCUT2D eigenvalue weighted by Crippen LogP contribution is -2.48. The fourth-order valence-corrected chi connectivity index (χ4v) is 4.13. The molecule has 2 aromatic rings. The third-order valence-electron chi connectivity index (χ3n) is 5.32. The van der Waals surface area contributed by atoms with Gasteiger partial charge in [0.2, 0.25) is 0 Å². The van der Waals surface area contributed by atoms with Gasteiger partial charge in [-0.15, -0.1) is 12.4 Å². The van der Waals surface area contributed by atoms with Crippen LogP contribution in [0, 0.1) is 0 Å². The van der Waals surface area contributed by atoms with Crippen molar-refractivity contribution < 1.29 is 9.59 Å². The second-order valence-corrected chi connectivity index (χ2v) is 7.45. The Morgan fingerprint density at radius 1 is 1.07 bits per heavy atom. The highest BCUT2D eigenvalue weighted by atomic mass is 35.5. The summed E-state index contributed by atoms with van der Waals surface area (Å²) >= 11 is 6.37. The quantitative estimate of drug-likeness (QED) is 0.797. The topological polar surface area (TPSA) is 68.4 Å². The second-order valence-electron chi connectivity index (χ2n) is 7.04. The predicted molar refractivity (Wildman–Crippen MR) is 111 cm³/mol. The van der Waals surface area contributed by atoms with Crippen molar-refractivity contribution in [1.82, 2.24) is 20.1 Å². The van der Waals surface area contributed by atoms with E-state index in [-0.39, 0.29) is 30.3 Å². The van der Waals surface area contributed by atoms with Gasteiger partial charge < -0.3 is 20.1 Å². The molecule has 1 aromatic heterocycles. The van der Waals surface area contributed by atoms with Gasteiger partial charge >= 0.3 is 0 Å². The van der Waals surface area contributed by atoms with Crippen LogP contribution in [-0.2, 0) is 0 Å². The highest BCUT2D eigenvalue weighted by Gasteiger charge is 2.31. The smallest absolute Gasteiger partial charge is 0.270 e. The molecule has 2 aliphatic heterocycles. The molecule has 0 bridgehead atoms. The van der Waals surface area contributed by atoms with E-state index in [1.807, 2.05) is 34.1 Å². The Balaban J connectivity index is 0.00000225. The van der Waals surface area contributed by atoms with E-state index in [1.165, 1.54) is 0 Å². The van der Waals surface area contributed by atoms with Gasteiger partial charge in [0.05, 0.1) is 11.6 Å². The number of aromatic nitrogens is 1. The number of amides is 2. The number of nitrogens with zero attached hydrogens (tertiary/aromatic N) is 2. The molecule has 1 aromatic carbocycles. The highest BCUT2D eigenvalue weighted by molar-refractivity contribution is 6.31. The first kappa shape index (κ1) is 20.7. The summed E-state index contributed by atoms with van der Waals surface area (Å²) in [5.41, 5.74) is 1.92. The van der Waals surface area contributed by atoms with E-state index in [2.05, 4.69) is 10.3 Å². The normalized spacial score (nSPS) is 19.4. The summed E-state index contributed by atoms with van der Waals surface area (Å²) in [4.78, 5) is 32.4. The molecule has 2 N–H and O–H groups in total. The largest absolute Gasteiger partial charge is 0.356 e. The number of aromatic amines is 1. The number of carbonyl (C=O) groups excluding carboxylic acids is 2. The third-order valence-corrected chi connectivity index (χ3v) is 5.67. The number of likely N-dealkylation sites (tertiary alicyclic amines) is 1. The van der Waals surface area contributed by atoms with Crippen LogP contribution in [0.3, 0.4) is 0 Å². The van der Waals surface area contributed by atoms with Gasteiger partial charge in [-0.2, -0.15) is 0 Å². The first-order valence-corrected chi connectivity index (χ1v) is 9.77. The molecule has 2 saturated heterocycles. The van der Waals surface area contributed by atoms with E-state index in [0.29, 0.717) is 29.4 Å². The van der Waals surface area contributed by atoms with Crippen molar-refractivity contribution in [1.29, 1.82) is 0 Å². The Bertz CT molecular complexity index is 848. The Hall–Kier alpha value is -2.02. The van der Waals surface area contributed by atoms with E-state index < -0.39 is 0 Å². The van der Waals surface area contributed by atoms with Crippen molar-refractivity contribution in [3.8, 4) is 0 Å². The Morgan fingerprint density at radius 2 is 1.82 bits per heavy atom. The lowest BCUT2D eigenvalue weighted by Gasteiger charge is -2.36. The van der Waals surface area contributed by atoms with Crippen LogP contribution in [0.15, 0.2) is 36.5 Å². The summed E-state index contributed by atoms with van der Waals surface area (Å²) in [6, 6.07) is 9.16. The lowest BCUT2D eigenvalue weighted by molar-refractivity contribution is 0.0634. The molecule has 1 unspecified atom stereocenters. The number of benzene rings is 1. The first-order valence-electron chi connectivity index (χ1n) is 9.39. The van der Waals surface area contributed by atoms with Gasteiger partial charge in [0, 0.05) is 43.9 Å². The van der Waals surface area contributed by atoms with Crippen molar-refractivity contribution in [3.63, 3.8) is 0 Å². The van der Waals surface area contributed by atoms with Crippen LogP contribution in [0.4, 0.5) is 0 Å². The van der Waals surface area contributed by atoms with Crippen molar-refractivity contribution >= 4 is 35.8 Å². The zero-order valence-corrected chi connectivity index (χ0v) is 17.1. The molecule has 4 rings (SSSR count).